The van der Waals surface area contributed by atoms with E-state index in [1.807, 2.05) is 54.6 Å². The second-order valence-electron chi connectivity index (χ2n) is 5.76. The number of carbonyl (C=O) groups excluding carboxylic acids is 2. The summed E-state index contributed by atoms with van der Waals surface area (Å²) >= 11 is 0. The van der Waals surface area contributed by atoms with Crippen molar-refractivity contribution in [2.45, 2.75) is 13.5 Å². The highest BCUT2D eigenvalue weighted by molar-refractivity contribution is 6.00. The Morgan fingerprint density at radius 3 is 2.48 bits per heavy atom. The van der Waals surface area contributed by atoms with Crippen LogP contribution in [-0.2, 0) is 11.3 Å². The molecule has 2 N–H and O–H groups in total. The summed E-state index contributed by atoms with van der Waals surface area (Å²) in [4.78, 5) is 28.7. The maximum Gasteiger partial charge on any atom is 0.253 e. The quantitative estimate of drug-likeness (QED) is 0.754. The largest absolute Gasteiger partial charge is 0.350 e. The van der Waals surface area contributed by atoms with Crippen molar-refractivity contribution in [3.05, 3.63) is 77.5 Å². The van der Waals surface area contributed by atoms with Crippen LogP contribution in [0.15, 0.2) is 60.7 Å². The lowest BCUT2D eigenvalue weighted by Crippen LogP contribution is -2.36. The molecule has 0 bridgehead atoms. The van der Waals surface area contributed by atoms with E-state index in [-0.39, 0.29) is 18.4 Å². The van der Waals surface area contributed by atoms with Crippen molar-refractivity contribution in [2.75, 3.05) is 6.54 Å². The molecule has 3 aromatic rings. The molecular formula is C20H19N3O2. The average molecular weight is 333 g/mol. The molecule has 0 radical (unpaired) electrons. The van der Waals surface area contributed by atoms with Gasteiger partial charge in [0.1, 0.15) is 0 Å². The monoisotopic (exact) mass is 333 g/mol. The Morgan fingerprint density at radius 2 is 1.68 bits per heavy atom. The summed E-state index contributed by atoms with van der Waals surface area (Å²) in [6.07, 6.45) is 0. The fraction of sp³-hybridized carbons (Fsp3) is 0.150. The number of aromatic nitrogens is 1. The first-order valence-corrected chi connectivity index (χ1v) is 8.09. The first-order valence-electron chi connectivity index (χ1n) is 8.09. The molecule has 0 fully saturated rings. The van der Waals surface area contributed by atoms with Crippen LogP contribution >= 0.6 is 0 Å². The molecule has 3 rings (SSSR count). The van der Waals surface area contributed by atoms with Crippen LogP contribution in [0.4, 0.5) is 0 Å². The molecule has 0 unspecified atom stereocenters. The van der Waals surface area contributed by atoms with Gasteiger partial charge in [0.2, 0.25) is 5.91 Å². The molecule has 5 nitrogen and oxygen atoms in total. The Labute approximate surface area is 146 Å². The van der Waals surface area contributed by atoms with Gasteiger partial charge in [0.15, 0.2) is 0 Å². The number of nitrogens with zero attached hydrogens (tertiary/aromatic N) is 1. The first-order chi connectivity index (χ1) is 12.1. The number of nitrogens with one attached hydrogen (secondary N) is 2. The lowest BCUT2D eigenvalue weighted by molar-refractivity contribution is -0.120. The summed E-state index contributed by atoms with van der Waals surface area (Å²) in [5.41, 5.74) is 2.98. The predicted octanol–water partition coefficient (Wildman–Crippen LogP) is 2.59. The summed E-state index contributed by atoms with van der Waals surface area (Å²) < 4.78 is 0. The zero-order valence-electron chi connectivity index (χ0n) is 14.0. The molecule has 2 aromatic carbocycles. The Kier molecular flexibility index (Phi) is 5.04. The Balaban J connectivity index is 1.59. The van der Waals surface area contributed by atoms with E-state index in [0.717, 1.165) is 16.5 Å². The SMILES string of the molecule is Cc1nc2ccccc2cc1C(=O)NCC(=O)NCc1ccccc1. The number of aryl methyl sites for hydroxylation is 1. The van der Waals surface area contributed by atoms with Crippen LogP contribution in [0.5, 0.6) is 0 Å². The van der Waals surface area contributed by atoms with Crippen molar-refractivity contribution < 1.29 is 9.59 Å². The Hall–Kier alpha value is -3.21. The summed E-state index contributed by atoms with van der Waals surface area (Å²) in [5.74, 6) is -0.533. The van der Waals surface area contributed by atoms with Gasteiger partial charge in [-0.05, 0) is 24.6 Å². The lowest BCUT2D eigenvalue weighted by atomic mass is 10.1. The number of amides is 2. The normalized spacial score (nSPS) is 10.4. The molecule has 0 spiro atoms. The second-order valence-corrected chi connectivity index (χ2v) is 5.76. The number of carbonyl (C=O) groups is 2. The summed E-state index contributed by atoms with van der Waals surface area (Å²) in [7, 11) is 0. The molecule has 0 aliphatic rings. The molecule has 0 saturated heterocycles. The van der Waals surface area contributed by atoms with Crippen LogP contribution < -0.4 is 10.6 Å². The van der Waals surface area contributed by atoms with Gasteiger partial charge in [-0.3, -0.25) is 14.6 Å². The minimum Gasteiger partial charge on any atom is -0.350 e. The van der Waals surface area contributed by atoms with Crippen molar-refractivity contribution >= 4 is 22.7 Å². The second kappa shape index (κ2) is 7.57. The van der Waals surface area contributed by atoms with Crippen molar-refractivity contribution in [1.82, 2.24) is 15.6 Å². The summed E-state index contributed by atoms with van der Waals surface area (Å²) in [6, 6.07) is 19.0. The minimum absolute atomic E-state index is 0.0715. The highest BCUT2D eigenvalue weighted by Gasteiger charge is 2.12. The van der Waals surface area contributed by atoms with E-state index in [4.69, 9.17) is 0 Å². The number of hydrogen-bond acceptors (Lipinski definition) is 3. The van der Waals surface area contributed by atoms with E-state index >= 15 is 0 Å². The van der Waals surface area contributed by atoms with Crippen molar-refractivity contribution in [3.63, 3.8) is 0 Å². The molecule has 25 heavy (non-hydrogen) atoms. The zero-order valence-corrected chi connectivity index (χ0v) is 14.0. The van der Waals surface area contributed by atoms with Gasteiger partial charge in [-0.1, -0.05) is 48.5 Å². The van der Waals surface area contributed by atoms with Crippen LogP contribution in [-0.4, -0.2) is 23.3 Å². The van der Waals surface area contributed by atoms with E-state index in [1.54, 1.807) is 13.0 Å². The van der Waals surface area contributed by atoms with Gasteiger partial charge in [-0.15, -0.1) is 0 Å². The molecule has 2 amide bonds. The number of benzene rings is 2. The lowest BCUT2D eigenvalue weighted by Gasteiger charge is -2.09. The number of para-hydroxylation sites is 1. The summed E-state index contributed by atoms with van der Waals surface area (Å²) in [6.45, 7) is 2.15. The van der Waals surface area contributed by atoms with E-state index in [0.29, 0.717) is 17.8 Å². The standard InChI is InChI=1S/C20H19N3O2/c1-14-17(11-16-9-5-6-10-18(16)23-14)20(25)22-13-19(24)21-12-15-7-3-2-4-8-15/h2-11H,12-13H2,1H3,(H,21,24)(H,22,25). The van der Waals surface area contributed by atoms with Crippen LogP contribution in [0.25, 0.3) is 10.9 Å². The molecule has 1 aromatic heterocycles. The fourth-order valence-electron chi connectivity index (χ4n) is 2.56. The molecule has 0 atom stereocenters. The van der Waals surface area contributed by atoms with Crippen molar-refractivity contribution in [1.29, 1.82) is 0 Å². The van der Waals surface area contributed by atoms with Gasteiger partial charge in [0.25, 0.3) is 5.91 Å². The zero-order chi connectivity index (χ0) is 17.6. The van der Waals surface area contributed by atoms with Crippen LogP contribution in [0.1, 0.15) is 21.6 Å². The van der Waals surface area contributed by atoms with Crippen LogP contribution in [0, 0.1) is 6.92 Å². The number of hydrogen-bond donors (Lipinski definition) is 2. The topological polar surface area (TPSA) is 71.1 Å². The van der Waals surface area contributed by atoms with Crippen molar-refractivity contribution in [3.8, 4) is 0 Å². The van der Waals surface area contributed by atoms with Gasteiger partial charge >= 0.3 is 0 Å². The average Bonchev–Trinajstić information content (AvgIpc) is 2.64. The molecule has 1 heterocycles. The number of fused-ring (bicyclic) bond motifs is 1. The smallest absolute Gasteiger partial charge is 0.253 e. The predicted molar refractivity (Wildman–Crippen MR) is 97.1 cm³/mol. The van der Waals surface area contributed by atoms with Gasteiger partial charge in [-0.25, -0.2) is 0 Å². The van der Waals surface area contributed by atoms with E-state index in [2.05, 4.69) is 15.6 Å². The fourth-order valence-corrected chi connectivity index (χ4v) is 2.56. The number of pyridine rings is 1. The van der Waals surface area contributed by atoms with E-state index < -0.39 is 0 Å². The maximum absolute atomic E-state index is 12.4. The minimum atomic E-state index is -0.300. The van der Waals surface area contributed by atoms with E-state index in [1.165, 1.54) is 0 Å². The maximum atomic E-state index is 12.4. The van der Waals surface area contributed by atoms with Crippen molar-refractivity contribution in [2.24, 2.45) is 0 Å². The number of rotatable bonds is 5. The molecule has 0 saturated carbocycles. The first kappa shape index (κ1) is 16.6. The highest BCUT2D eigenvalue weighted by atomic mass is 16.2. The van der Waals surface area contributed by atoms with E-state index in [9.17, 15) is 9.59 Å². The Bertz CT molecular complexity index is 907. The van der Waals surface area contributed by atoms with Gasteiger partial charge in [0, 0.05) is 11.9 Å². The summed E-state index contributed by atoms with van der Waals surface area (Å²) in [5, 5.41) is 6.33. The highest BCUT2D eigenvalue weighted by Crippen LogP contribution is 2.16. The van der Waals surface area contributed by atoms with Crippen LogP contribution in [0.3, 0.4) is 0 Å². The van der Waals surface area contributed by atoms with Gasteiger partial charge < -0.3 is 10.6 Å². The molecular weight excluding hydrogens is 314 g/mol. The third kappa shape index (κ3) is 4.20. The molecule has 0 aliphatic carbocycles. The third-order valence-electron chi connectivity index (χ3n) is 3.90. The van der Waals surface area contributed by atoms with Crippen LogP contribution in [0.2, 0.25) is 0 Å². The molecule has 0 aliphatic heterocycles. The van der Waals surface area contributed by atoms with Gasteiger partial charge in [-0.2, -0.15) is 0 Å². The molecule has 5 heteroatoms. The van der Waals surface area contributed by atoms with Gasteiger partial charge in [0.05, 0.1) is 23.3 Å². The Morgan fingerprint density at radius 1 is 0.960 bits per heavy atom. The molecule has 126 valence electrons. The third-order valence-corrected chi connectivity index (χ3v) is 3.90.